The topological polar surface area (TPSA) is 43.4 Å². The predicted molar refractivity (Wildman–Crippen MR) is 109 cm³/mol. The molecule has 0 saturated carbocycles. The van der Waals surface area contributed by atoms with Crippen molar-refractivity contribution in [3.63, 3.8) is 0 Å². The number of halogens is 1. The van der Waals surface area contributed by atoms with Gasteiger partial charge in [0.05, 0.1) is 6.26 Å². The summed E-state index contributed by atoms with van der Waals surface area (Å²) in [4.78, 5) is 12.6. The average molecular weight is 379 g/mol. The molecule has 0 aliphatic heterocycles. The van der Waals surface area contributed by atoms with Crippen molar-refractivity contribution in [3.05, 3.63) is 68.7 Å². The first-order valence-electron chi connectivity index (χ1n) is 9.39. The van der Waals surface area contributed by atoms with Crippen molar-refractivity contribution >= 4 is 33.5 Å². The standard InChI is InChI=1S/C23H19ClO3/c1-13-21-19(20(12-26-21)14-7-9-15(24)10-8-14)11-18-16-5-3-2-4-6-17(16)23(25)27-22(13)18/h7-12H,2-6H2,1H3. The Hall–Kier alpha value is -2.52. The lowest BCUT2D eigenvalue weighted by Crippen LogP contribution is -2.11. The number of fused-ring (bicyclic) bond motifs is 4. The van der Waals surface area contributed by atoms with Gasteiger partial charge in [0.1, 0.15) is 11.2 Å². The fourth-order valence-corrected chi connectivity index (χ4v) is 4.41. The molecule has 0 radical (unpaired) electrons. The highest BCUT2D eigenvalue weighted by molar-refractivity contribution is 6.30. The number of benzene rings is 2. The normalized spacial score (nSPS) is 14.4. The van der Waals surface area contributed by atoms with Crippen molar-refractivity contribution in [3.8, 4) is 11.1 Å². The monoisotopic (exact) mass is 378 g/mol. The van der Waals surface area contributed by atoms with Crippen molar-refractivity contribution in [1.82, 2.24) is 0 Å². The van der Waals surface area contributed by atoms with E-state index >= 15 is 0 Å². The van der Waals surface area contributed by atoms with Gasteiger partial charge in [-0.2, -0.15) is 0 Å². The van der Waals surface area contributed by atoms with Crippen LogP contribution < -0.4 is 5.63 Å². The zero-order valence-electron chi connectivity index (χ0n) is 15.1. The van der Waals surface area contributed by atoms with Crippen molar-refractivity contribution in [2.45, 2.75) is 39.0 Å². The van der Waals surface area contributed by atoms with Gasteiger partial charge in [0, 0.05) is 32.5 Å². The van der Waals surface area contributed by atoms with Crippen LogP contribution in [0.4, 0.5) is 0 Å². The smallest absolute Gasteiger partial charge is 0.339 e. The maximum Gasteiger partial charge on any atom is 0.339 e. The minimum atomic E-state index is -0.189. The molecule has 1 aliphatic rings. The largest absolute Gasteiger partial charge is 0.463 e. The first-order valence-corrected chi connectivity index (χ1v) is 9.76. The summed E-state index contributed by atoms with van der Waals surface area (Å²) in [5.41, 5.74) is 6.22. The zero-order valence-corrected chi connectivity index (χ0v) is 15.9. The molecule has 0 amide bonds. The number of aryl methyl sites for hydroxylation is 2. The maximum absolute atomic E-state index is 12.6. The molecular weight excluding hydrogens is 360 g/mol. The molecule has 4 aromatic rings. The van der Waals surface area contributed by atoms with Gasteiger partial charge in [0.2, 0.25) is 0 Å². The van der Waals surface area contributed by atoms with Crippen LogP contribution >= 0.6 is 11.6 Å². The lowest BCUT2D eigenvalue weighted by Gasteiger charge is -2.11. The Kier molecular flexibility index (Phi) is 3.87. The first-order chi connectivity index (χ1) is 13.1. The van der Waals surface area contributed by atoms with Gasteiger partial charge < -0.3 is 8.83 Å². The summed E-state index contributed by atoms with van der Waals surface area (Å²) in [5.74, 6) is 0. The van der Waals surface area contributed by atoms with E-state index in [4.69, 9.17) is 20.4 Å². The van der Waals surface area contributed by atoms with Crippen LogP contribution in [-0.2, 0) is 12.8 Å². The second-order valence-corrected chi connectivity index (χ2v) is 7.75. The second-order valence-electron chi connectivity index (χ2n) is 7.32. The highest BCUT2D eigenvalue weighted by Gasteiger charge is 2.21. The molecule has 0 saturated heterocycles. The minimum Gasteiger partial charge on any atom is -0.463 e. The Bertz CT molecular complexity index is 1230. The van der Waals surface area contributed by atoms with Crippen molar-refractivity contribution in [2.75, 3.05) is 0 Å². The quantitative estimate of drug-likeness (QED) is 0.283. The zero-order chi connectivity index (χ0) is 18.5. The third-order valence-electron chi connectivity index (χ3n) is 5.68. The van der Waals surface area contributed by atoms with Gasteiger partial charge in [-0.25, -0.2) is 4.79 Å². The number of rotatable bonds is 1. The Balaban J connectivity index is 1.85. The summed E-state index contributed by atoms with van der Waals surface area (Å²) < 4.78 is 11.6. The fourth-order valence-electron chi connectivity index (χ4n) is 4.28. The molecule has 2 heterocycles. The van der Waals surface area contributed by atoms with Crippen LogP contribution in [0, 0.1) is 6.92 Å². The number of hydrogen-bond acceptors (Lipinski definition) is 3. The molecule has 2 aromatic carbocycles. The molecule has 0 bridgehead atoms. The van der Waals surface area contributed by atoms with Gasteiger partial charge in [-0.15, -0.1) is 0 Å². The lowest BCUT2D eigenvalue weighted by atomic mass is 9.95. The van der Waals surface area contributed by atoms with E-state index in [1.165, 1.54) is 0 Å². The Labute approximate surface area is 161 Å². The van der Waals surface area contributed by atoms with Gasteiger partial charge >= 0.3 is 5.63 Å². The summed E-state index contributed by atoms with van der Waals surface area (Å²) in [6.45, 7) is 1.96. The van der Waals surface area contributed by atoms with E-state index < -0.39 is 0 Å². The van der Waals surface area contributed by atoms with Gasteiger partial charge in [0.25, 0.3) is 0 Å². The van der Waals surface area contributed by atoms with Gasteiger partial charge in [-0.05, 0) is 61.9 Å². The second kappa shape index (κ2) is 6.28. The lowest BCUT2D eigenvalue weighted by molar-refractivity contribution is 0.543. The van der Waals surface area contributed by atoms with Crippen molar-refractivity contribution in [1.29, 1.82) is 0 Å². The Morgan fingerprint density at radius 3 is 2.44 bits per heavy atom. The number of hydrogen-bond donors (Lipinski definition) is 0. The van der Waals surface area contributed by atoms with E-state index in [9.17, 15) is 4.79 Å². The van der Waals surface area contributed by atoms with Gasteiger partial charge in [-0.1, -0.05) is 30.2 Å². The Morgan fingerprint density at radius 1 is 0.926 bits per heavy atom. The Morgan fingerprint density at radius 2 is 1.67 bits per heavy atom. The molecule has 0 fully saturated rings. The molecule has 4 heteroatoms. The fraction of sp³-hybridized carbons (Fsp3) is 0.261. The third kappa shape index (κ3) is 2.61. The molecular formula is C23H19ClO3. The highest BCUT2D eigenvalue weighted by Crippen LogP contribution is 2.38. The van der Waals surface area contributed by atoms with Crippen molar-refractivity contribution in [2.24, 2.45) is 0 Å². The van der Waals surface area contributed by atoms with Crippen LogP contribution in [0.5, 0.6) is 0 Å². The average Bonchev–Trinajstić information content (AvgIpc) is 2.92. The van der Waals surface area contributed by atoms with E-state index in [1.807, 2.05) is 31.2 Å². The third-order valence-corrected chi connectivity index (χ3v) is 5.94. The molecule has 5 rings (SSSR count). The van der Waals surface area contributed by atoms with E-state index in [0.29, 0.717) is 10.6 Å². The molecule has 0 atom stereocenters. The van der Waals surface area contributed by atoms with Gasteiger partial charge in [0.15, 0.2) is 0 Å². The highest BCUT2D eigenvalue weighted by atomic mass is 35.5. The van der Waals surface area contributed by atoms with E-state index in [1.54, 1.807) is 6.26 Å². The van der Waals surface area contributed by atoms with E-state index in [-0.39, 0.29) is 5.63 Å². The minimum absolute atomic E-state index is 0.189. The van der Waals surface area contributed by atoms with Crippen LogP contribution in [0.3, 0.4) is 0 Å². The summed E-state index contributed by atoms with van der Waals surface area (Å²) in [5, 5.41) is 2.80. The molecule has 0 spiro atoms. The SMILES string of the molecule is Cc1c2occ(-c3ccc(Cl)cc3)c2cc2c3c(c(=O)oc12)CCCCC3. The molecule has 2 aromatic heterocycles. The summed E-state index contributed by atoms with van der Waals surface area (Å²) in [6.07, 6.45) is 6.82. The van der Waals surface area contributed by atoms with E-state index in [0.717, 1.165) is 76.3 Å². The van der Waals surface area contributed by atoms with Crippen LogP contribution in [0.2, 0.25) is 5.02 Å². The molecule has 0 unspecified atom stereocenters. The molecule has 0 N–H and O–H groups in total. The van der Waals surface area contributed by atoms with Crippen molar-refractivity contribution < 1.29 is 8.83 Å². The van der Waals surface area contributed by atoms with Crippen LogP contribution in [0.1, 0.15) is 36.0 Å². The van der Waals surface area contributed by atoms with E-state index in [2.05, 4.69) is 6.07 Å². The number of furan rings is 1. The molecule has 27 heavy (non-hydrogen) atoms. The van der Waals surface area contributed by atoms with Crippen LogP contribution in [0.25, 0.3) is 33.1 Å². The predicted octanol–water partition coefficient (Wildman–Crippen LogP) is 6.44. The molecule has 1 aliphatic carbocycles. The molecule has 3 nitrogen and oxygen atoms in total. The summed E-state index contributed by atoms with van der Waals surface area (Å²) in [7, 11) is 0. The molecule has 136 valence electrons. The van der Waals surface area contributed by atoms with Crippen LogP contribution in [0.15, 0.2) is 50.2 Å². The van der Waals surface area contributed by atoms with Gasteiger partial charge in [-0.3, -0.25) is 0 Å². The summed E-state index contributed by atoms with van der Waals surface area (Å²) in [6, 6.07) is 9.90. The van der Waals surface area contributed by atoms with Crippen LogP contribution in [-0.4, -0.2) is 0 Å². The maximum atomic E-state index is 12.6. The first kappa shape index (κ1) is 16.6. The summed E-state index contributed by atoms with van der Waals surface area (Å²) >= 11 is 6.04.